The Hall–Kier alpha value is 0.01000. The molecule has 1 N–H and O–H groups in total. The van der Waals surface area contributed by atoms with E-state index in [1.165, 1.54) is 23.5 Å². The largest absolute Gasteiger partial charge is 0.306 e. The Morgan fingerprint density at radius 3 is 2.61 bits per heavy atom. The number of rotatable bonds is 3. The average molecular weight is 328 g/mol. The summed E-state index contributed by atoms with van der Waals surface area (Å²) in [6.07, 6.45) is 1.31. The molecule has 18 heavy (non-hydrogen) atoms. The van der Waals surface area contributed by atoms with Crippen LogP contribution < -0.4 is 5.32 Å². The molecule has 1 aliphatic heterocycles. The summed E-state index contributed by atoms with van der Waals surface area (Å²) < 4.78 is 1.15. The molecule has 100 valence electrons. The van der Waals surface area contributed by atoms with Gasteiger partial charge in [-0.2, -0.15) is 11.8 Å². The number of hydrogen-bond donors (Lipinski definition) is 1. The van der Waals surface area contributed by atoms with Gasteiger partial charge in [0.15, 0.2) is 0 Å². The molecule has 0 aromatic heterocycles. The van der Waals surface area contributed by atoms with E-state index >= 15 is 0 Å². The highest BCUT2D eigenvalue weighted by molar-refractivity contribution is 9.10. The van der Waals surface area contributed by atoms with Crippen LogP contribution in [0.5, 0.6) is 0 Å². The van der Waals surface area contributed by atoms with Crippen LogP contribution in [0.4, 0.5) is 0 Å². The second-order valence-corrected chi connectivity index (χ2v) is 7.87. The highest BCUT2D eigenvalue weighted by Crippen LogP contribution is 2.35. The van der Waals surface area contributed by atoms with Gasteiger partial charge in [0.2, 0.25) is 0 Å². The molecule has 1 nitrogen and oxygen atoms in total. The fraction of sp³-hybridized carbons (Fsp3) is 0.600. The van der Waals surface area contributed by atoms with Gasteiger partial charge in [-0.05, 0) is 42.2 Å². The predicted octanol–water partition coefficient (Wildman–Crippen LogP) is 4.63. The van der Waals surface area contributed by atoms with Gasteiger partial charge in [-0.3, -0.25) is 0 Å². The molecule has 1 aliphatic rings. The Balaban J connectivity index is 2.02. The number of hydrogen-bond acceptors (Lipinski definition) is 2. The Labute approximate surface area is 123 Å². The summed E-state index contributed by atoms with van der Waals surface area (Å²) in [4.78, 5) is 0. The standard InChI is InChI=1S/C15H22BrNS/c1-11(12-4-6-13(16)7-5-12)17-14-10-18-9-8-15(14,2)3/h4-7,11,14,17H,8-10H2,1-3H3/t11-,14?/m0/s1. The fourth-order valence-electron chi connectivity index (χ4n) is 2.36. The van der Waals surface area contributed by atoms with Crippen LogP contribution in [0, 0.1) is 5.41 Å². The predicted molar refractivity (Wildman–Crippen MR) is 85.2 cm³/mol. The van der Waals surface area contributed by atoms with Gasteiger partial charge >= 0.3 is 0 Å². The van der Waals surface area contributed by atoms with E-state index in [4.69, 9.17) is 0 Å². The van der Waals surface area contributed by atoms with Crippen molar-refractivity contribution >= 4 is 27.7 Å². The number of thioether (sulfide) groups is 1. The third kappa shape index (κ3) is 3.52. The van der Waals surface area contributed by atoms with Crippen LogP contribution in [0.25, 0.3) is 0 Å². The SMILES string of the molecule is C[C@H](NC1CSCCC1(C)C)c1ccc(Br)cc1. The Bertz CT molecular complexity index is 388. The molecule has 0 amide bonds. The monoisotopic (exact) mass is 327 g/mol. The van der Waals surface area contributed by atoms with E-state index in [1.807, 2.05) is 0 Å². The van der Waals surface area contributed by atoms with E-state index in [2.05, 4.69) is 78.0 Å². The molecule has 1 unspecified atom stereocenters. The van der Waals surface area contributed by atoms with Crippen molar-refractivity contribution in [2.45, 2.75) is 39.3 Å². The van der Waals surface area contributed by atoms with Crippen molar-refractivity contribution in [1.82, 2.24) is 5.32 Å². The van der Waals surface area contributed by atoms with Crippen molar-refractivity contribution in [3.8, 4) is 0 Å². The number of benzene rings is 1. The summed E-state index contributed by atoms with van der Waals surface area (Å²) in [5.41, 5.74) is 1.78. The Morgan fingerprint density at radius 1 is 1.33 bits per heavy atom. The molecule has 1 fully saturated rings. The van der Waals surface area contributed by atoms with Crippen molar-refractivity contribution in [3.05, 3.63) is 34.3 Å². The van der Waals surface area contributed by atoms with E-state index in [9.17, 15) is 0 Å². The van der Waals surface area contributed by atoms with Crippen molar-refractivity contribution < 1.29 is 0 Å². The molecule has 2 rings (SSSR count). The molecule has 0 radical (unpaired) electrons. The molecular weight excluding hydrogens is 306 g/mol. The minimum absolute atomic E-state index is 0.412. The van der Waals surface area contributed by atoms with Gasteiger partial charge in [0, 0.05) is 22.3 Å². The van der Waals surface area contributed by atoms with E-state index in [-0.39, 0.29) is 0 Å². The van der Waals surface area contributed by atoms with Gasteiger partial charge in [-0.15, -0.1) is 0 Å². The lowest BCUT2D eigenvalue weighted by molar-refractivity contribution is 0.232. The number of nitrogens with one attached hydrogen (secondary N) is 1. The Kier molecular flexibility index (Phi) is 4.79. The first-order valence-corrected chi connectivity index (χ1v) is 8.53. The van der Waals surface area contributed by atoms with E-state index < -0.39 is 0 Å². The maximum Gasteiger partial charge on any atom is 0.0294 e. The van der Waals surface area contributed by atoms with Crippen LogP contribution in [-0.2, 0) is 0 Å². The van der Waals surface area contributed by atoms with E-state index in [0.717, 1.165) is 4.47 Å². The second-order valence-electron chi connectivity index (χ2n) is 5.81. The highest BCUT2D eigenvalue weighted by Gasteiger charge is 2.33. The smallest absolute Gasteiger partial charge is 0.0294 e. The maximum absolute atomic E-state index is 3.81. The maximum atomic E-state index is 3.81. The lowest BCUT2D eigenvalue weighted by Gasteiger charge is -2.40. The van der Waals surface area contributed by atoms with E-state index in [0.29, 0.717) is 17.5 Å². The van der Waals surface area contributed by atoms with Gasteiger partial charge in [-0.1, -0.05) is 41.9 Å². The molecule has 1 aromatic rings. The molecule has 1 heterocycles. The lowest BCUT2D eigenvalue weighted by Crippen LogP contribution is -2.47. The van der Waals surface area contributed by atoms with Gasteiger partial charge in [0.1, 0.15) is 0 Å². The molecule has 1 aromatic carbocycles. The quantitative estimate of drug-likeness (QED) is 0.868. The van der Waals surface area contributed by atoms with Gasteiger partial charge in [-0.25, -0.2) is 0 Å². The summed E-state index contributed by atoms with van der Waals surface area (Å²) in [6, 6.07) is 9.66. The zero-order valence-corrected chi connectivity index (χ0v) is 13.8. The highest BCUT2D eigenvalue weighted by atomic mass is 79.9. The van der Waals surface area contributed by atoms with Crippen molar-refractivity contribution in [2.75, 3.05) is 11.5 Å². The first-order valence-electron chi connectivity index (χ1n) is 6.58. The normalized spacial score (nSPS) is 24.8. The van der Waals surface area contributed by atoms with Crippen LogP contribution >= 0.6 is 27.7 Å². The van der Waals surface area contributed by atoms with Crippen LogP contribution in [0.15, 0.2) is 28.7 Å². The van der Waals surface area contributed by atoms with Gasteiger partial charge < -0.3 is 5.32 Å². The minimum atomic E-state index is 0.412. The molecule has 3 heteroatoms. The molecule has 0 bridgehead atoms. The summed E-state index contributed by atoms with van der Waals surface area (Å²) in [7, 11) is 0. The first kappa shape index (κ1) is 14.4. The molecule has 1 saturated heterocycles. The van der Waals surface area contributed by atoms with Crippen molar-refractivity contribution in [1.29, 1.82) is 0 Å². The lowest BCUT2D eigenvalue weighted by atomic mass is 9.81. The van der Waals surface area contributed by atoms with Gasteiger partial charge in [0.05, 0.1) is 0 Å². The van der Waals surface area contributed by atoms with E-state index in [1.54, 1.807) is 0 Å². The minimum Gasteiger partial charge on any atom is -0.306 e. The van der Waals surface area contributed by atoms with Crippen LogP contribution in [0.3, 0.4) is 0 Å². The zero-order valence-electron chi connectivity index (χ0n) is 11.4. The van der Waals surface area contributed by atoms with Gasteiger partial charge in [0.25, 0.3) is 0 Å². The molecule has 0 spiro atoms. The first-order chi connectivity index (χ1) is 8.49. The fourth-order valence-corrected chi connectivity index (χ4v) is 4.24. The van der Waals surface area contributed by atoms with Crippen LogP contribution in [0.1, 0.15) is 38.8 Å². The summed E-state index contributed by atoms with van der Waals surface area (Å²) in [6.45, 7) is 7.04. The average Bonchev–Trinajstić information content (AvgIpc) is 2.32. The molecule has 2 atom stereocenters. The van der Waals surface area contributed by atoms with Crippen LogP contribution in [0.2, 0.25) is 0 Å². The summed E-state index contributed by atoms with van der Waals surface area (Å²) in [5, 5.41) is 3.81. The van der Waals surface area contributed by atoms with Crippen LogP contribution in [-0.4, -0.2) is 17.5 Å². The zero-order chi connectivity index (χ0) is 13.2. The summed E-state index contributed by atoms with van der Waals surface area (Å²) in [5.74, 6) is 2.53. The summed E-state index contributed by atoms with van der Waals surface area (Å²) >= 11 is 5.56. The topological polar surface area (TPSA) is 12.0 Å². The third-order valence-electron chi connectivity index (χ3n) is 3.94. The second kappa shape index (κ2) is 5.98. The van der Waals surface area contributed by atoms with Crippen molar-refractivity contribution in [2.24, 2.45) is 5.41 Å². The molecule has 0 saturated carbocycles. The van der Waals surface area contributed by atoms with Crippen molar-refractivity contribution in [3.63, 3.8) is 0 Å². The molecular formula is C15H22BrNS. The Morgan fingerprint density at radius 2 is 2.00 bits per heavy atom. The third-order valence-corrected chi connectivity index (χ3v) is 5.53. The molecule has 0 aliphatic carbocycles. The number of halogens is 1.